The molecule has 0 fully saturated rings. The molecule has 0 aliphatic heterocycles. The molecule has 1 aromatic rings. The number of carboxylic acid groups (broad SMARTS) is 1. The Morgan fingerprint density at radius 3 is 2.24 bits per heavy atom. The highest BCUT2D eigenvalue weighted by Gasteiger charge is 2.23. The minimum absolute atomic E-state index is 0.347. The van der Waals surface area contributed by atoms with E-state index in [1.165, 1.54) is 0 Å². The molecule has 0 aliphatic carbocycles. The number of nitrogens with two attached hydrogens (primary N) is 1. The van der Waals surface area contributed by atoms with Gasteiger partial charge in [-0.3, -0.25) is 24.1 Å². The van der Waals surface area contributed by atoms with Gasteiger partial charge >= 0.3 is 5.97 Å². The highest BCUT2D eigenvalue weighted by molar-refractivity contribution is 6.02. The Kier molecular flexibility index (Phi) is 6.02. The summed E-state index contributed by atoms with van der Waals surface area (Å²) in [4.78, 5) is 46.0. The van der Waals surface area contributed by atoms with Crippen molar-refractivity contribution >= 4 is 23.7 Å². The average molecular weight is 293 g/mol. The number of aliphatic carboxylic acids is 1. The van der Waals surface area contributed by atoms with E-state index < -0.39 is 43.3 Å². The van der Waals surface area contributed by atoms with Gasteiger partial charge in [-0.25, -0.2) is 0 Å². The molecule has 21 heavy (non-hydrogen) atoms. The van der Waals surface area contributed by atoms with Gasteiger partial charge in [0.1, 0.15) is 6.54 Å². The minimum Gasteiger partial charge on any atom is -0.480 e. The van der Waals surface area contributed by atoms with Crippen LogP contribution in [0.15, 0.2) is 30.3 Å². The second kappa shape index (κ2) is 7.75. The summed E-state index contributed by atoms with van der Waals surface area (Å²) in [5, 5.41) is 11.0. The second-order valence-electron chi connectivity index (χ2n) is 4.02. The van der Waals surface area contributed by atoms with E-state index in [9.17, 15) is 19.2 Å². The van der Waals surface area contributed by atoms with Gasteiger partial charge in [-0.15, -0.1) is 0 Å². The van der Waals surface area contributed by atoms with Crippen molar-refractivity contribution in [1.29, 1.82) is 0 Å². The standard InChI is InChI=1S/C13H15N3O5/c14-6-10(17)16(8-12(19)20)11(18)7-15-13(21)9-4-2-1-3-5-9/h1-5H,6-8,14H2,(H,15,21)(H,19,20). The monoisotopic (exact) mass is 293 g/mol. The predicted molar refractivity (Wildman–Crippen MR) is 72.2 cm³/mol. The van der Waals surface area contributed by atoms with E-state index in [0.29, 0.717) is 10.5 Å². The molecule has 8 nitrogen and oxygen atoms in total. The Labute approximate surface area is 120 Å². The molecule has 0 radical (unpaired) electrons. The first kappa shape index (κ1) is 16.3. The Bertz CT molecular complexity index is 544. The quantitative estimate of drug-likeness (QED) is 0.605. The largest absolute Gasteiger partial charge is 0.480 e. The van der Waals surface area contributed by atoms with E-state index in [0.717, 1.165) is 0 Å². The van der Waals surface area contributed by atoms with Crippen LogP contribution >= 0.6 is 0 Å². The van der Waals surface area contributed by atoms with Gasteiger partial charge in [0, 0.05) is 5.56 Å². The van der Waals surface area contributed by atoms with Crippen LogP contribution in [0.2, 0.25) is 0 Å². The molecular weight excluding hydrogens is 278 g/mol. The van der Waals surface area contributed by atoms with Gasteiger partial charge in [0.2, 0.25) is 11.8 Å². The lowest BCUT2D eigenvalue weighted by Crippen LogP contribution is -2.47. The first-order valence-corrected chi connectivity index (χ1v) is 6.04. The molecule has 0 heterocycles. The van der Waals surface area contributed by atoms with E-state index in [1.807, 2.05) is 0 Å². The van der Waals surface area contributed by atoms with Gasteiger partial charge in [0.05, 0.1) is 13.1 Å². The highest BCUT2D eigenvalue weighted by atomic mass is 16.4. The lowest BCUT2D eigenvalue weighted by molar-refractivity contribution is -0.151. The molecule has 3 amide bonds. The van der Waals surface area contributed by atoms with Gasteiger partial charge < -0.3 is 16.2 Å². The molecule has 0 spiro atoms. The third-order valence-corrected chi connectivity index (χ3v) is 2.51. The summed E-state index contributed by atoms with van der Waals surface area (Å²) in [6.45, 7) is -1.78. The lowest BCUT2D eigenvalue weighted by atomic mass is 10.2. The minimum atomic E-state index is -1.35. The molecule has 1 aromatic carbocycles. The maximum absolute atomic E-state index is 11.8. The van der Waals surface area contributed by atoms with Crippen LogP contribution in [0.3, 0.4) is 0 Å². The number of carbonyl (C=O) groups excluding carboxylic acids is 3. The van der Waals surface area contributed by atoms with Crippen LogP contribution in [-0.2, 0) is 14.4 Å². The molecule has 4 N–H and O–H groups in total. The van der Waals surface area contributed by atoms with Crippen molar-refractivity contribution in [3.05, 3.63) is 35.9 Å². The van der Waals surface area contributed by atoms with E-state index in [-0.39, 0.29) is 0 Å². The number of carbonyl (C=O) groups is 4. The fraction of sp³-hybridized carbons (Fsp3) is 0.231. The van der Waals surface area contributed by atoms with Gasteiger partial charge in [-0.1, -0.05) is 18.2 Å². The molecule has 0 saturated carbocycles. The number of benzene rings is 1. The molecule has 0 unspecified atom stereocenters. The Morgan fingerprint density at radius 2 is 1.71 bits per heavy atom. The SMILES string of the molecule is NCC(=O)N(CC(=O)O)C(=O)CNC(=O)c1ccccc1. The van der Waals surface area contributed by atoms with Gasteiger partial charge in [-0.2, -0.15) is 0 Å². The number of hydrogen-bond acceptors (Lipinski definition) is 5. The van der Waals surface area contributed by atoms with E-state index in [2.05, 4.69) is 5.32 Å². The second-order valence-corrected chi connectivity index (χ2v) is 4.02. The van der Waals surface area contributed by atoms with Crippen LogP contribution in [0, 0.1) is 0 Å². The molecule has 0 aromatic heterocycles. The van der Waals surface area contributed by atoms with Crippen molar-refractivity contribution in [2.75, 3.05) is 19.6 Å². The summed E-state index contributed by atoms with van der Waals surface area (Å²) in [6, 6.07) is 8.16. The first-order chi connectivity index (χ1) is 9.95. The van der Waals surface area contributed by atoms with Crippen molar-refractivity contribution < 1.29 is 24.3 Å². The number of nitrogens with one attached hydrogen (secondary N) is 1. The molecule has 0 bridgehead atoms. The van der Waals surface area contributed by atoms with Crippen LogP contribution in [0.4, 0.5) is 0 Å². The number of amides is 3. The van der Waals surface area contributed by atoms with Gasteiger partial charge in [-0.05, 0) is 12.1 Å². The molecule has 8 heteroatoms. The Hall–Kier alpha value is -2.74. The maximum Gasteiger partial charge on any atom is 0.323 e. The normalized spacial score (nSPS) is 9.76. The van der Waals surface area contributed by atoms with Gasteiger partial charge in [0.15, 0.2) is 0 Å². The van der Waals surface area contributed by atoms with E-state index in [4.69, 9.17) is 10.8 Å². The fourth-order valence-electron chi connectivity index (χ4n) is 1.50. The molecule has 0 saturated heterocycles. The summed E-state index contributed by atoms with van der Waals surface area (Å²) < 4.78 is 0. The summed E-state index contributed by atoms with van der Waals surface area (Å²) >= 11 is 0. The maximum atomic E-state index is 11.8. The van der Waals surface area contributed by atoms with Gasteiger partial charge in [0.25, 0.3) is 5.91 Å². The average Bonchev–Trinajstić information content (AvgIpc) is 2.49. The van der Waals surface area contributed by atoms with Crippen molar-refractivity contribution in [1.82, 2.24) is 10.2 Å². The summed E-state index contributed by atoms with van der Waals surface area (Å²) in [6.07, 6.45) is 0. The molecule has 112 valence electrons. The van der Waals surface area contributed by atoms with E-state index >= 15 is 0 Å². The molecular formula is C13H15N3O5. The van der Waals surface area contributed by atoms with E-state index in [1.54, 1.807) is 30.3 Å². The number of imide groups is 1. The highest BCUT2D eigenvalue weighted by Crippen LogP contribution is 1.98. The van der Waals surface area contributed by atoms with Crippen LogP contribution in [0.1, 0.15) is 10.4 Å². The number of hydrogen-bond donors (Lipinski definition) is 3. The Balaban J connectivity index is 2.63. The van der Waals surface area contributed by atoms with Crippen LogP contribution in [-0.4, -0.2) is 53.3 Å². The summed E-state index contributed by atoms with van der Waals surface area (Å²) in [5.74, 6) is -3.51. The van der Waals surface area contributed by atoms with Crippen LogP contribution < -0.4 is 11.1 Å². The molecule has 0 atom stereocenters. The zero-order valence-corrected chi connectivity index (χ0v) is 11.1. The van der Waals surface area contributed by atoms with Crippen LogP contribution in [0.25, 0.3) is 0 Å². The zero-order valence-electron chi connectivity index (χ0n) is 11.1. The van der Waals surface area contributed by atoms with Crippen molar-refractivity contribution in [2.24, 2.45) is 5.73 Å². The topological polar surface area (TPSA) is 130 Å². The third-order valence-electron chi connectivity index (χ3n) is 2.51. The number of rotatable bonds is 6. The van der Waals surface area contributed by atoms with Crippen molar-refractivity contribution in [3.8, 4) is 0 Å². The third kappa shape index (κ3) is 5.03. The molecule has 0 aliphatic rings. The fourth-order valence-corrected chi connectivity index (χ4v) is 1.50. The predicted octanol–water partition coefficient (Wildman–Crippen LogP) is -1.19. The number of carboxylic acids is 1. The van der Waals surface area contributed by atoms with Crippen molar-refractivity contribution in [2.45, 2.75) is 0 Å². The van der Waals surface area contributed by atoms with Crippen molar-refractivity contribution in [3.63, 3.8) is 0 Å². The lowest BCUT2D eigenvalue weighted by Gasteiger charge is -2.18. The summed E-state index contributed by atoms with van der Waals surface area (Å²) in [7, 11) is 0. The zero-order chi connectivity index (χ0) is 15.8. The van der Waals surface area contributed by atoms with Crippen LogP contribution in [0.5, 0.6) is 0 Å². The first-order valence-electron chi connectivity index (χ1n) is 6.04. The summed E-state index contributed by atoms with van der Waals surface area (Å²) in [5.41, 5.74) is 5.46. The number of nitrogens with zero attached hydrogens (tertiary/aromatic N) is 1. The smallest absolute Gasteiger partial charge is 0.323 e. The molecule has 1 rings (SSSR count). The Morgan fingerprint density at radius 1 is 1.10 bits per heavy atom.